The van der Waals surface area contributed by atoms with Gasteiger partial charge in [-0.1, -0.05) is 12.1 Å². The van der Waals surface area contributed by atoms with E-state index in [4.69, 9.17) is 0 Å². The van der Waals surface area contributed by atoms with E-state index in [2.05, 4.69) is 20.7 Å². The molecule has 0 saturated carbocycles. The van der Waals surface area contributed by atoms with E-state index in [9.17, 15) is 9.59 Å². The van der Waals surface area contributed by atoms with Crippen LogP contribution in [0.3, 0.4) is 0 Å². The number of carbonyl (C=O) groups is 2. The fraction of sp³-hybridized carbons (Fsp3) is 0. The van der Waals surface area contributed by atoms with Crippen LogP contribution in [-0.4, -0.2) is 27.1 Å². The Morgan fingerprint density at radius 1 is 1.00 bits per heavy atom. The summed E-state index contributed by atoms with van der Waals surface area (Å²) in [6, 6.07) is 6.85. The lowest BCUT2D eigenvalue weighted by Crippen LogP contribution is -2.12. The van der Waals surface area contributed by atoms with Gasteiger partial charge >= 0.3 is 0 Å². The number of hydrogen-bond donors (Lipinski definition) is 2. The van der Waals surface area contributed by atoms with Crippen molar-refractivity contribution in [3.8, 4) is 0 Å². The maximum Gasteiger partial charge on any atom is 0.296 e. The van der Waals surface area contributed by atoms with Gasteiger partial charge < -0.3 is 5.32 Å². The fourth-order valence-corrected chi connectivity index (χ4v) is 1.26. The van der Waals surface area contributed by atoms with Crippen molar-refractivity contribution in [1.82, 2.24) is 15.4 Å². The lowest BCUT2D eigenvalue weighted by atomic mass is 10.1. The van der Waals surface area contributed by atoms with E-state index in [0.717, 1.165) is 0 Å². The monoisotopic (exact) mass is 216 g/mol. The zero-order valence-electron chi connectivity index (χ0n) is 8.18. The molecule has 0 aliphatic carbocycles. The topological polar surface area (TPSA) is 87.7 Å². The first-order valence-corrected chi connectivity index (χ1v) is 4.53. The second-order valence-electron chi connectivity index (χ2n) is 2.99. The van der Waals surface area contributed by atoms with Crippen LogP contribution in [0, 0.1) is 0 Å². The molecule has 80 valence electrons. The van der Waals surface area contributed by atoms with Gasteiger partial charge in [-0.2, -0.15) is 15.4 Å². The highest BCUT2D eigenvalue weighted by Gasteiger charge is 2.26. The second kappa shape index (κ2) is 4.35. The number of ketones is 1. The van der Waals surface area contributed by atoms with Gasteiger partial charge in [-0.25, -0.2) is 0 Å². The second-order valence-corrected chi connectivity index (χ2v) is 2.99. The Kier molecular flexibility index (Phi) is 2.73. The Morgan fingerprint density at radius 3 is 2.25 bits per heavy atom. The number of Topliss-reactive ketones (excluding diaryl/α,β-unsaturated/α-hetero) is 1. The van der Waals surface area contributed by atoms with Crippen LogP contribution in [0.25, 0.3) is 0 Å². The highest BCUT2D eigenvalue weighted by molar-refractivity contribution is 6.51. The maximum absolute atomic E-state index is 11.0. The van der Waals surface area contributed by atoms with Gasteiger partial charge in [0.25, 0.3) is 11.7 Å². The Labute approximate surface area is 90.7 Å². The van der Waals surface area contributed by atoms with Crippen LogP contribution in [0.5, 0.6) is 0 Å². The number of aromatic amines is 1. The van der Waals surface area contributed by atoms with Gasteiger partial charge in [-0.3, -0.25) is 9.59 Å². The summed E-state index contributed by atoms with van der Waals surface area (Å²) in [6.07, 6.45) is 3.17. The van der Waals surface area contributed by atoms with Gasteiger partial charge in [-0.15, -0.1) is 0 Å². The van der Waals surface area contributed by atoms with E-state index >= 15 is 0 Å². The molecule has 2 heterocycles. The van der Waals surface area contributed by atoms with Crippen molar-refractivity contribution in [3.63, 3.8) is 0 Å². The van der Waals surface area contributed by atoms with Gasteiger partial charge in [0.2, 0.25) is 0 Å². The number of nitrogens with zero attached hydrogens (tertiary/aromatic N) is 2. The molecule has 1 amide bonds. The lowest BCUT2D eigenvalue weighted by Gasteiger charge is -1.91. The summed E-state index contributed by atoms with van der Waals surface area (Å²) in [4.78, 5) is 21.8. The minimum Gasteiger partial charge on any atom is -0.318 e. The normalized spacial score (nSPS) is 12.5. The zero-order chi connectivity index (χ0) is 11.4. The van der Waals surface area contributed by atoms with Crippen LogP contribution in [0.15, 0.2) is 36.7 Å². The summed E-state index contributed by atoms with van der Waals surface area (Å²) in [6.45, 7) is 0. The summed E-state index contributed by atoms with van der Waals surface area (Å²) in [5.74, 6) is -0.980. The van der Waals surface area contributed by atoms with Crippen LogP contribution in [-0.2, 0) is 4.79 Å². The number of benzene rings is 1. The van der Waals surface area contributed by atoms with Crippen LogP contribution >= 0.6 is 0 Å². The SMILES string of the molecule is O=C1Nc2ccccc2C1=O.c1cn[nH]n1. The molecular formula is C10H8N4O2. The molecule has 0 fully saturated rings. The number of anilines is 1. The molecular weight excluding hydrogens is 208 g/mol. The van der Waals surface area contributed by atoms with Crippen LogP contribution in [0.1, 0.15) is 10.4 Å². The van der Waals surface area contributed by atoms with Gasteiger partial charge in [0.1, 0.15) is 0 Å². The van der Waals surface area contributed by atoms with E-state index < -0.39 is 11.7 Å². The highest BCUT2D eigenvalue weighted by Crippen LogP contribution is 2.21. The Balaban J connectivity index is 0.000000162. The standard InChI is InChI=1S/C8H5NO2.C2H3N3/c10-7-5-3-1-2-4-6(5)9-8(7)11;1-2-4-5-3-1/h1-4H,(H,9,10,11);1-2H,(H,3,4,5). The number of nitrogens with one attached hydrogen (secondary N) is 2. The molecule has 0 bridgehead atoms. The molecule has 0 unspecified atom stereocenters. The van der Waals surface area contributed by atoms with E-state index in [0.29, 0.717) is 11.3 Å². The van der Waals surface area contributed by atoms with Crippen molar-refractivity contribution in [2.24, 2.45) is 0 Å². The van der Waals surface area contributed by atoms with Crippen molar-refractivity contribution in [2.75, 3.05) is 5.32 Å². The van der Waals surface area contributed by atoms with Crippen LogP contribution in [0.4, 0.5) is 5.69 Å². The molecule has 3 rings (SSSR count). The third-order valence-electron chi connectivity index (χ3n) is 1.96. The minimum absolute atomic E-state index is 0.444. The van der Waals surface area contributed by atoms with Gasteiger partial charge in [0.15, 0.2) is 0 Å². The fourth-order valence-electron chi connectivity index (χ4n) is 1.26. The number of fused-ring (bicyclic) bond motifs is 1. The van der Waals surface area contributed by atoms with E-state index in [1.165, 1.54) is 0 Å². The first-order valence-electron chi connectivity index (χ1n) is 4.53. The maximum atomic E-state index is 11.0. The highest BCUT2D eigenvalue weighted by atomic mass is 16.2. The van der Waals surface area contributed by atoms with Crippen molar-refractivity contribution in [2.45, 2.75) is 0 Å². The van der Waals surface area contributed by atoms with E-state index in [1.807, 2.05) is 0 Å². The van der Waals surface area contributed by atoms with Crippen LogP contribution < -0.4 is 5.32 Å². The molecule has 6 heteroatoms. The van der Waals surface area contributed by atoms with Crippen LogP contribution in [0.2, 0.25) is 0 Å². The number of H-pyrrole nitrogens is 1. The van der Waals surface area contributed by atoms with Gasteiger partial charge in [0, 0.05) is 0 Å². The molecule has 1 aromatic carbocycles. The number of rotatable bonds is 0. The van der Waals surface area contributed by atoms with Gasteiger partial charge in [-0.05, 0) is 12.1 Å². The molecule has 1 aliphatic rings. The minimum atomic E-state index is -0.536. The summed E-state index contributed by atoms with van der Waals surface area (Å²) in [7, 11) is 0. The number of aromatic nitrogens is 3. The Hall–Kier alpha value is -2.50. The molecule has 2 aromatic rings. The number of amides is 1. The molecule has 0 atom stereocenters. The summed E-state index contributed by atoms with van der Waals surface area (Å²) in [5.41, 5.74) is 1.08. The quantitative estimate of drug-likeness (QED) is 0.632. The first kappa shape index (κ1) is 10.0. The predicted molar refractivity (Wildman–Crippen MR) is 55.8 cm³/mol. The molecule has 2 N–H and O–H groups in total. The third kappa shape index (κ3) is 1.95. The smallest absolute Gasteiger partial charge is 0.296 e. The number of carbonyl (C=O) groups excluding carboxylic acids is 2. The zero-order valence-corrected chi connectivity index (χ0v) is 8.18. The molecule has 0 saturated heterocycles. The molecule has 6 nitrogen and oxygen atoms in total. The average molecular weight is 216 g/mol. The van der Waals surface area contributed by atoms with Gasteiger partial charge in [0.05, 0.1) is 23.6 Å². The summed E-state index contributed by atoms with van der Waals surface area (Å²) < 4.78 is 0. The largest absolute Gasteiger partial charge is 0.318 e. The van der Waals surface area contributed by atoms with E-state index in [-0.39, 0.29) is 0 Å². The third-order valence-corrected chi connectivity index (χ3v) is 1.96. The number of para-hydroxylation sites is 1. The number of hydrogen-bond acceptors (Lipinski definition) is 4. The Bertz CT molecular complexity index is 490. The first-order chi connectivity index (χ1) is 7.79. The predicted octanol–water partition coefficient (Wildman–Crippen LogP) is 0.626. The Morgan fingerprint density at radius 2 is 1.69 bits per heavy atom. The van der Waals surface area contributed by atoms with Crippen molar-refractivity contribution in [1.29, 1.82) is 0 Å². The molecule has 1 aliphatic heterocycles. The lowest BCUT2D eigenvalue weighted by molar-refractivity contribution is -0.112. The molecule has 0 radical (unpaired) electrons. The summed E-state index contributed by atoms with van der Waals surface area (Å²) in [5, 5.41) is 11.8. The average Bonchev–Trinajstić information content (AvgIpc) is 2.93. The molecule has 16 heavy (non-hydrogen) atoms. The summed E-state index contributed by atoms with van der Waals surface area (Å²) >= 11 is 0. The molecule has 0 spiro atoms. The van der Waals surface area contributed by atoms with Crippen molar-refractivity contribution >= 4 is 17.4 Å². The van der Waals surface area contributed by atoms with Crippen molar-refractivity contribution in [3.05, 3.63) is 42.2 Å². The van der Waals surface area contributed by atoms with Crippen molar-refractivity contribution < 1.29 is 9.59 Å². The molecule has 1 aromatic heterocycles. The van der Waals surface area contributed by atoms with E-state index in [1.54, 1.807) is 36.7 Å².